The molecular formula is C25H26N8OS. The number of nitrogens with one attached hydrogen (secondary N) is 3. The first-order valence-corrected chi connectivity index (χ1v) is 12.4. The minimum absolute atomic E-state index is 0.267. The fourth-order valence-corrected chi connectivity index (χ4v) is 5.11. The Hall–Kier alpha value is -3.89. The number of pyridine rings is 1. The molecule has 10 heteroatoms. The van der Waals surface area contributed by atoms with Crippen LogP contribution in [0, 0.1) is 0 Å². The number of benzene rings is 2. The molecule has 0 unspecified atom stereocenters. The lowest BCUT2D eigenvalue weighted by molar-refractivity contribution is 0.313. The highest BCUT2D eigenvalue weighted by atomic mass is 32.1. The summed E-state index contributed by atoms with van der Waals surface area (Å²) in [5.41, 5.74) is 11.5. The number of H-pyrrole nitrogens is 2. The fraction of sp³-hybridized carbons (Fsp3) is 0.240. The van der Waals surface area contributed by atoms with Crippen molar-refractivity contribution in [3.63, 3.8) is 0 Å². The average Bonchev–Trinajstić information content (AvgIpc) is 3.53. The summed E-state index contributed by atoms with van der Waals surface area (Å²) in [6.07, 6.45) is 1.79. The van der Waals surface area contributed by atoms with Crippen LogP contribution in [0.25, 0.3) is 33.3 Å². The standard InChI is InChI=1S/C25H26N8OS/c1-32-7-9-33(10-8-32)16-3-5-19-20(13-16)30-24(29-19)22-23(26)17-12-15(2-4-18(17)31-25(22)34)28-14-21-27-6-11-35-21/h2-6,11-13,28H,7-10,14H2,1H3,(H,29,30)(H3,26,31,34). The minimum Gasteiger partial charge on any atom is -0.397 e. The van der Waals surface area contributed by atoms with Gasteiger partial charge in [0.2, 0.25) is 0 Å². The lowest BCUT2D eigenvalue weighted by Crippen LogP contribution is -2.44. The number of thiazole rings is 1. The summed E-state index contributed by atoms with van der Waals surface area (Å²) < 4.78 is 0. The quantitative estimate of drug-likeness (QED) is 0.300. The van der Waals surface area contributed by atoms with Crippen molar-refractivity contribution in [3.05, 3.63) is 63.3 Å². The van der Waals surface area contributed by atoms with Gasteiger partial charge in [0.1, 0.15) is 16.4 Å². The van der Waals surface area contributed by atoms with Crippen molar-refractivity contribution >= 4 is 50.3 Å². The van der Waals surface area contributed by atoms with Crippen molar-refractivity contribution in [2.24, 2.45) is 0 Å². The third-order valence-corrected chi connectivity index (χ3v) is 7.33. The maximum absolute atomic E-state index is 13.0. The molecule has 0 saturated carbocycles. The Morgan fingerprint density at radius 3 is 2.74 bits per heavy atom. The molecule has 0 bridgehead atoms. The molecule has 5 N–H and O–H groups in total. The lowest BCUT2D eigenvalue weighted by Gasteiger charge is -2.34. The molecule has 0 atom stereocenters. The van der Waals surface area contributed by atoms with Gasteiger partial charge in [0.15, 0.2) is 0 Å². The van der Waals surface area contributed by atoms with Gasteiger partial charge in [-0.05, 0) is 43.4 Å². The van der Waals surface area contributed by atoms with Gasteiger partial charge in [-0.15, -0.1) is 11.3 Å². The number of fused-ring (bicyclic) bond motifs is 2. The van der Waals surface area contributed by atoms with Crippen LogP contribution in [0.5, 0.6) is 0 Å². The van der Waals surface area contributed by atoms with Crippen molar-refractivity contribution in [1.29, 1.82) is 0 Å². The number of piperazine rings is 1. The Bertz CT molecular complexity index is 1560. The zero-order valence-electron chi connectivity index (χ0n) is 19.3. The first-order chi connectivity index (χ1) is 17.0. The van der Waals surface area contributed by atoms with Crippen LogP contribution in [0.15, 0.2) is 52.8 Å². The molecule has 1 aliphatic rings. The summed E-state index contributed by atoms with van der Waals surface area (Å²) in [7, 11) is 2.15. The van der Waals surface area contributed by atoms with Crippen LogP contribution >= 0.6 is 11.3 Å². The van der Waals surface area contributed by atoms with Crippen LogP contribution < -0.4 is 21.5 Å². The Labute approximate surface area is 205 Å². The van der Waals surface area contributed by atoms with Crippen molar-refractivity contribution in [1.82, 2.24) is 24.8 Å². The number of nitrogens with zero attached hydrogens (tertiary/aromatic N) is 4. The molecule has 35 heavy (non-hydrogen) atoms. The van der Waals surface area contributed by atoms with E-state index in [1.54, 1.807) is 17.5 Å². The number of likely N-dealkylation sites (N-methyl/N-ethyl adjacent to an activating group) is 1. The molecule has 3 aromatic heterocycles. The van der Waals surface area contributed by atoms with Gasteiger partial charge >= 0.3 is 0 Å². The maximum atomic E-state index is 13.0. The molecule has 6 rings (SSSR count). The molecule has 0 amide bonds. The maximum Gasteiger partial charge on any atom is 0.261 e. The van der Waals surface area contributed by atoms with Gasteiger partial charge in [-0.1, -0.05) is 0 Å². The van der Waals surface area contributed by atoms with Gasteiger partial charge in [-0.2, -0.15) is 0 Å². The monoisotopic (exact) mass is 486 g/mol. The molecule has 5 aromatic rings. The highest BCUT2D eigenvalue weighted by Gasteiger charge is 2.18. The Morgan fingerprint density at radius 2 is 1.94 bits per heavy atom. The van der Waals surface area contributed by atoms with E-state index in [1.165, 1.54) is 0 Å². The smallest absolute Gasteiger partial charge is 0.261 e. The van der Waals surface area contributed by atoms with E-state index in [1.807, 2.05) is 29.6 Å². The van der Waals surface area contributed by atoms with E-state index >= 15 is 0 Å². The highest BCUT2D eigenvalue weighted by Crippen LogP contribution is 2.31. The second kappa shape index (κ2) is 8.71. The molecule has 1 saturated heterocycles. The van der Waals surface area contributed by atoms with Crippen molar-refractivity contribution in [3.8, 4) is 11.4 Å². The molecule has 4 heterocycles. The third-order valence-electron chi connectivity index (χ3n) is 6.55. The number of hydrogen-bond donors (Lipinski definition) is 4. The second-order valence-corrected chi connectivity index (χ2v) is 9.84. The van der Waals surface area contributed by atoms with E-state index in [9.17, 15) is 4.79 Å². The summed E-state index contributed by atoms with van der Waals surface area (Å²) in [5, 5.41) is 7.09. The summed E-state index contributed by atoms with van der Waals surface area (Å²) in [5.74, 6) is 0.470. The first kappa shape index (κ1) is 21.6. The van der Waals surface area contributed by atoms with Crippen LogP contribution in [0.4, 0.5) is 17.1 Å². The predicted octanol–water partition coefficient (Wildman–Crippen LogP) is 3.47. The number of aromatic amines is 2. The number of rotatable bonds is 5. The molecule has 1 aliphatic heterocycles. The normalized spacial score (nSPS) is 14.7. The van der Waals surface area contributed by atoms with E-state index in [-0.39, 0.29) is 5.56 Å². The minimum atomic E-state index is -0.267. The van der Waals surface area contributed by atoms with E-state index in [0.717, 1.165) is 59.0 Å². The van der Waals surface area contributed by atoms with E-state index in [4.69, 9.17) is 10.7 Å². The van der Waals surface area contributed by atoms with E-state index in [2.05, 4.69) is 49.2 Å². The molecule has 178 valence electrons. The van der Waals surface area contributed by atoms with Gasteiger partial charge in [-0.3, -0.25) is 4.79 Å². The van der Waals surface area contributed by atoms with Crippen molar-refractivity contribution in [2.75, 3.05) is 49.2 Å². The summed E-state index contributed by atoms with van der Waals surface area (Å²) in [6.45, 7) is 4.67. The van der Waals surface area contributed by atoms with Crippen LogP contribution in [-0.4, -0.2) is 58.1 Å². The van der Waals surface area contributed by atoms with Crippen molar-refractivity contribution < 1.29 is 0 Å². The Kier molecular flexibility index (Phi) is 5.39. The molecule has 9 nitrogen and oxygen atoms in total. The van der Waals surface area contributed by atoms with Gasteiger partial charge < -0.3 is 30.8 Å². The Balaban J connectivity index is 1.35. The van der Waals surface area contributed by atoms with Crippen molar-refractivity contribution in [2.45, 2.75) is 6.54 Å². The van der Waals surface area contributed by atoms with Gasteiger partial charge in [0.25, 0.3) is 5.56 Å². The van der Waals surface area contributed by atoms with Crippen LogP contribution in [-0.2, 0) is 6.54 Å². The number of imidazole rings is 1. The fourth-order valence-electron chi connectivity index (χ4n) is 4.56. The lowest BCUT2D eigenvalue weighted by atomic mass is 10.1. The Morgan fingerprint density at radius 1 is 1.09 bits per heavy atom. The number of nitrogen functional groups attached to an aromatic ring is 1. The van der Waals surface area contributed by atoms with Gasteiger partial charge in [0.05, 0.1) is 28.8 Å². The first-order valence-electron chi connectivity index (χ1n) is 11.6. The topological polar surface area (TPSA) is 119 Å². The number of aromatic nitrogens is 4. The molecular weight excluding hydrogens is 460 g/mol. The second-order valence-electron chi connectivity index (χ2n) is 8.86. The summed E-state index contributed by atoms with van der Waals surface area (Å²) in [6, 6.07) is 11.9. The van der Waals surface area contributed by atoms with Crippen LogP contribution in [0.2, 0.25) is 0 Å². The zero-order chi connectivity index (χ0) is 23.9. The SMILES string of the molecule is CN1CCN(c2ccc3nc(-c4c(N)c5cc(NCc6nccs6)ccc5[nH]c4=O)[nH]c3c2)CC1. The molecule has 0 radical (unpaired) electrons. The molecule has 0 spiro atoms. The average molecular weight is 487 g/mol. The van der Waals surface area contributed by atoms with E-state index in [0.29, 0.717) is 29.1 Å². The van der Waals surface area contributed by atoms with E-state index < -0.39 is 0 Å². The molecule has 1 fully saturated rings. The largest absolute Gasteiger partial charge is 0.397 e. The predicted molar refractivity (Wildman–Crippen MR) is 143 cm³/mol. The number of hydrogen-bond acceptors (Lipinski definition) is 8. The third kappa shape index (κ3) is 4.11. The summed E-state index contributed by atoms with van der Waals surface area (Å²) >= 11 is 1.60. The molecule has 0 aliphatic carbocycles. The number of nitrogens with two attached hydrogens (primary N) is 1. The number of anilines is 3. The van der Waals surface area contributed by atoms with Gasteiger partial charge in [0, 0.05) is 54.5 Å². The summed E-state index contributed by atoms with van der Waals surface area (Å²) in [4.78, 5) is 33.0. The van der Waals surface area contributed by atoms with Gasteiger partial charge in [-0.25, -0.2) is 9.97 Å². The van der Waals surface area contributed by atoms with Crippen LogP contribution in [0.1, 0.15) is 5.01 Å². The highest BCUT2D eigenvalue weighted by molar-refractivity contribution is 7.09. The van der Waals surface area contributed by atoms with Crippen LogP contribution in [0.3, 0.4) is 0 Å². The zero-order valence-corrected chi connectivity index (χ0v) is 20.2. The molecule has 2 aromatic carbocycles.